The molecule has 128 valence electrons. The van der Waals surface area contributed by atoms with E-state index in [0.717, 1.165) is 11.3 Å². The average Bonchev–Trinajstić information content (AvgIpc) is 2.57. The number of nitrogens with one attached hydrogen (secondary N) is 2. The van der Waals surface area contributed by atoms with E-state index in [1.54, 1.807) is 6.07 Å². The molecular weight excluding hydrogens is 330 g/mol. The summed E-state index contributed by atoms with van der Waals surface area (Å²) in [5.74, 6) is 0.888. The fraction of sp³-hybridized carbons (Fsp3) is 0.294. The molecule has 0 saturated carbocycles. The Bertz CT molecular complexity index is 695. The molecule has 0 aliphatic rings. The fourth-order valence-electron chi connectivity index (χ4n) is 2.22. The number of hydrogen-bond acceptors (Lipinski definition) is 5. The van der Waals surface area contributed by atoms with E-state index in [2.05, 4.69) is 10.6 Å². The predicted molar refractivity (Wildman–Crippen MR) is 95.9 cm³/mol. The normalized spacial score (nSPS) is 10.4. The maximum atomic E-state index is 10.7. The lowest BCUT2D eigenvalue weighted by Crippen LogP contribution is -2.22. The van der Waals surface area contributed by atoms with Crippen molar-refractivity contribution in [3.05, 3.63) is 63.2 Å². The number of halogens is 1. The minimum atomic E-state index is -0.465. The molecule has 0 radical (unpaired) electrons. The molecule has 0 amide bonds. The van der Waals surface area contributed by atoms with Gasteiger partial charge >= 0.3 is 0 Å². The van der Waals surface area contributed by atoms with Gasteiger partial charge in [0.05, 0.1) is 22.2 Å². The molecular formula is C17H20ClN3O3. The number of rotatable bonds is 9. The highest BCUT2D eigenvalue weighted by Gasteiger charge is 2.08. The molecule has 24 heavy (non-hydrogen) atoms. The van der Waals surface area contributed by atoms with Crippen molar-refractivity contribution in [2.24, 2.45) is 0 Å². The van der Waals surface area contributed by atoms with E-state index in [4.69, 9.17) is 16.3 Å². The van der Waals surface area contributed by atoms with Crippen molar-refractivity contribution in [2.45, 2.75) is 13.5 Å². The molecule has 0 spiro atoms. The Morgan fingerprint density at radius 1 is 1.21 bits per heavy atom. The lowest BCUT2D eigenvalue weighted by Gasteiger charge is -2.12. The summed E-state index contributed by atoms with van der Waals surface area (Å²) < 4.78 is 5.58. The SMILES string of the molecule is CCOc1ccccc1CNCCNc1ccc([N+](=O)[O-])cc1Cl. The first kappa shape index (κ1) is 18.0. The van der Waals surface area contributed by atoms with Crippen LogP contribution in [-0.4, -0.2) is 24.6 Å². The Hall–Kier alpha value is -2.31. The van der Waals surface area contributed by atoms with Crippen LogP contribution in [0.25, 0.3) is 0 Å². The summed E-state index contributed by atoms with van der Waals surface area (Å²) in [5.41, 5.74) is 1.77. The number of ether oxygens (including phenoxy) is 1. The van der Waals surface area contributed by atoms with Gasteiger partial charge < -0.3 is 15.4 Å². The second kappa shape index (κ2) is 9.10. The smallest absolute Gasteiger partial charge is 0.271 e. The zero-order valence-electron chi connectivity index (χ0n) is 13.4. The van der Waals surface area contributed by atoms with Gasteiger partial charge in [-0.2, -0.15) is 0 Å². The van der Waals surface area contributed by atoms with Crippen molar-refractivity contribution in [1.82, 2.24) is 5.32 Å². The molecule has 0 unspecified atom stereocenters. The van der Waals surface area contributed by atoms with Crippen molar-refractivity contribution in [1.29, 1.82) is 0 Å². The highest BCUT2D eigenvalue weighted by Crippen LogP contribution is 2.26. The number of non-ortho nitro benzene ring substituents is 1. The van der Waals surface area contributed by atoms with Gasteiger partial charge in [0.15, 0.2) is 0 Å². The summed E-state index contributed by atoms with van der Waals surface area (Å²) in [6, 6.07) is 12.3. The summed E-state index contributed by atoms with van der Waals surface area (Å²) in [6.07, 6.45) is 0. The third-order valence-electron chi connectivity index (χ3n) is 3.37. The van der Waals surface area contributed by atoms with Crippen LogP contribution >= 0.6 is 11.6 Å². The van der Waals surface area contributed by atoms with Crippen molar-refractivity contribution >= 4 is 23.0 Å². The van der Waals surface area contributed by atoms with Crippen LogP contribution in [0.15, 0.2) is 42.5 Å². The van der Waals surface area contributed by atoms with Crippen LogP contribution in [0.1, 0.15) is 12.5 Å². The number of para-hydroxylation sites is 1. The topological polar surface area (TPSA) is 76.4 Å². The van der Waals surface area contributed by atoms with Crippen LogP contribution < -0.4 is 15.4 Å². The molecule has 0 heterocycles. The Morgan fingerprint density at radius 3 is 2.71 bits per heavy atom. The summed E-state index contributed by atoms with van der Waals surface area (Å²) >= 11 is 6.03. The first-order valence-corrected chi connectivity index (χ1v) is 8.09. The molecule has 2 N–H and O–H groups in total. The second-order valence-electron chi connectivity index (χ2n) is 5.07. The molecule has 2 aromatic rings. The van der Waals surface area contributed by atoms with Crippen LogP contribution in [0.5, 0.6) is 5.75 Å². The maximum absolute atomic E-state index is 10.7. The quantitative estimate of drug-likeness (QED) is 0.408. The van der Waals surface area contributed by atoms with Crippen LogP contribution in [0, 0.1) is 10.1 Å². The van der Waals surface area contributed by atoms with Gasteiger partial charge in [0.25, 0.3) is 5.69 Å². The van der Waals surface area contributed by atoms with Crippen LogP contribution in [-0.2, 0) is 6.54 Å². The van der Waals surface area contributed by atoms with E-state index >= 15 is 0 Å². The van der Waals surface area contributed by atoms with E-state index in [-0.39, 0.29) is 5.69 Å². The van der Waals surface area contributed by atoms with Gasteiger partial charge in [0.1, 0.15) is 5.75 Å². The molecule has 0 aromatic heterocycles. The van der Waals surface area contributed by atoms with Gasteiger partial charge in [0.2, 0.25) is 0 Å². The summed E-state index contributed by atoms with van der Waals surface area (Å²) in [7, 11) is 0. The lowest BCUT2D eigenvalue weighted by molar-refractivity contribution is -0.384. The molecule has 0 atom stereocenters. The monoisotopic (exact) mass is 349 g/mol. The highest BCUT2D eigenvalue weighted by molar-refractivity contribution is 6.33. The molecule has 2 aromatic carbocycles. The first-order valence-electron chi connectivity index (χ1n) is 7.71. The van der Waals surface area contributed by atoms with Gasteiger partial charge in [0, 0.05) is 37.3 Å². The Labute approximate surface area is 145 Å². The summed E-state index contributed by atoms with van der Waals surface area (Å²) in [5, 5.41) is 17.5. The molecule has 0 saturated heterocycles. The number of nitro groups is 1. The standard InChI is InChI=1S/C17H20ClN3O3/c1-2-24-17-6-4-3-5-13(17)12-19-9-10-20-16-8-7-14(21(22)23)11-15(16)18/h3-8,11,19-20H,2,9-10,12H2,1H3. The summed E-state index contributed by atoms with van der Waals surface area (Å²) in [6.45, 7) is 4.66. The van der Waals surface area contributed by atoms with Gasteiger partial charge in [-0.05, 0) is 19.1 Å². The van der Waals surface area contributed by atoms with Crippen molar-refractivity contribution in [2.75, 3.05) is 25.0 Å². The average molecular weight is 350 g/mol. The maximum Gasteiger partial charge on any atom is 0.271 e. The number of nitro benzene ring substituents is 1. The van der Waals surface area contributed by atoms with E-state index in [1.165, 1.54) is 12.1 Å². The molecule has 0 bridgehead atoms. The number of benzene rings is 2. The summed E-state index contributed by atoms with van der Waals surface area (Å²) in [4.78, 5) is 10.2. The molecule has 2 rings (SSSR count). The minimum Gasteiger partial charge on any atom is -0.494 e. The number of nitrogens with zero attached hydrogens (tertiary/aromatic N) is 1. The van der Waals surface area contributed by atoms with Crippen molar-refractivity contribution in [3.63, 3.8) is 0 Å². The van der Waals surface area contributed by atoms with E-state index in [0.29, 0.717) is 37.0 Å². The van der Waals surface area contributed by atoms with Crippen LogP contribution in [0.2, 0.25) is 5.02 Å². The molecule has 0 aliphatic carbocycles. The van der Waals surface area contributed by atoms with Crippen LogP contribution in [0.3, 0.4) is 0 Å². The number of anilines is 1. The van der Waals surface area contributed by atoms with Gasteiger partial charge in [-0.3, -0.25) is 10.1 Å². The van der Waals surface area contributed by atoms with Crippen LogP contribution in [0.4, 0.5) is 11.4 Å². The van der Waals surface area contributed by atoms with Crippen molar-refractivity contribution < 1.29 is 9.66 Å². The first-order chi connectivity index (χ1) is 11.6. The molecule has 0 aliphatic heterocycles. The van der Waals surface area contributed by atoms with Crippen molar-refractivity contribution in [3.8, 4) is 5.75 Å². The minimum absolute atomic E-state index is 0.0174. The third kappa shape index (κ3) is 5.11. The Morgan fingerprint density at radius 2 is 2.00 bits per heavy atom. The molecule has 6 nitrogen and oxygen atoms in total. The van der Waals surface area contributed by atoms with Gasteiger partial charge in [-0.25, -0.2) is 0 Å². The second-order valence-corrected chi connectivity index (χ2v) is 5.47. The zero-order valence-corrected chi connectivity index (χ0v) is 14.2. The Balaban J connectivity index is 1.78. The number of hydrogen-bond donors (Lipinski definition) is 2. The van der Waals surface area contributed by atoms with Gasteiger partial charge in [-0.15, -0.1) is 0 Å². The van der Waals surface area contributed by atoms with E-state index in [9.17, 15) is 10.1 Å². The molecule has 7 heteroatoms. The zero-order chi connectivity index (χ0) is 17.4. The largest absolute Gasteiger partial charge is 0.494 e. The lowest BCUT2D eigenvalue weighted by atomic mass is 10.2. The highest BCUT2D eigenvalue weighted by atomic mass is 35.5. The van der Waals surface area contributed by atoms with E-state index < -0.39 is 4.92 Å². The third-order valence-corrected chi connectivity index (χ3v) is 3.68. The van der Waals surface area contributed by atoms with Gasteiger partial charge in [-0.1, -0.05) is 29.8 Å². The molecule has 0 fully saturated rings. The predicted octanol–water partition coefficient (Wildman–Crippen LogP) is 3.85. The fourth-order valence-corrected chi connectivity index (χ4v) is 2.46. The Kier molecular flexibility index (Phi) is 6.84. The van der Waals surface area contributed by atoms with E-state index in [1.807, 2.05) is 31.2 Å².